The van der Waals surface area contributed by atoms with E-state index in [1.54, 1.807) is 0 Å². The molecule has 1 aliphatic carbocycles. The van der Waals surface area contributed by atoms with E-state index in [-0.39, 0.29) is 5.92 Å². The highest BCUT2D eigenvalue weighted by Gasteiger charge is 2.22. The summed E-state index contributed by atoms with van der Waals surface area (Å²) in [5.74, 6) is 2.08. The van der Waals surface area contributed by atoms with Gasteiger partial charge in [-0.25, -0.2) is 0 Å². The minimum absolute atomic E-state index is 0.241. The zero-order valence-corrected chi connectivity index (χ0v) is 12.5. The van der Waals surface area contributed by atoms with Gasteiger partial charge in [0.05, 0.1) is 0 Å². The molecular formula is C17H30O. The van der Waals surface area contributed by atoms with Gasteiger partial charge in [0.25, 0.3) is 0 Å². The molecule has 0 aromatic rings. The standard InChI is InChI=1S/C17H30O/c1-13(2)11-16(17(18)12-14(3)4)10-9-15-7-5-6-8-15/h14-16H,1,5-12H2,2-4H3. The van der Waals surface area contributed by atoms with Crippen molar-refractivity contribution < 1.29 is 4.79 Å². The first kappa shape index (κ1) is 15.5. The molecule has 1 heteroatoms. The molecule has 0 radical (unpaired) electrons. The summed E-state index contributed by atoms with van der Waals surface area (Å²) >= 11 is 0. The Morgan fingerprint density at radius 2 is 1.83 bits per heavy atom. The molecule has 0 aromatic heterocycles. The largest absolute Gasteiger partial charge is 0.299 e. The van der Waals surface area contributed by atoms with E-state index < -0.39 is 0 Å². The van der Waals surface area contributed by atoms with E-state index in [4.69, 9.17) is 0 Å². The molecule has 104 valence electrons. The first-order valence-electron chi connectivity index (χ1n) is 7.66. The second kappa shape index (κ2) is 7.76. The normalized spacial score (nSPS) is 18.2. The predicted octanol–water partition coefficient (Wildman–Crippen LogP) is 5.15. The van der Waals surface area contributed by atoms with Gasteiger partial charge < -0.3 is 0 Å². The molecule has 0 amide bonds. The molecule has 0 bridgehead atoms. The van der Waals surface area contributed by atoms with Crippen molar-refractivity contribution in [2.24, 2.45) is 17.8 Å². The summed E-state index contributed by atoms with van der Waals surface area (Å²) in [5.41, 5.74) is 1.16. The summed E-state index contributed by atoms with van der Waals surface area (Å²) in [6.07, 6.45) is 9.55. The lowest BCUT2D eigenvalue weighted by Gasteiger charge is -2.19. The Morgan fingerprint density at radius 3 is 2.33 bits per heavy atom. The molecule has 0 N–H and O–H groups in total. The van der Waals surface area contributed by atoms with E-state index in [1.165, 1.54) is 32.1 Å². The maximum absolute atomic E-state index is 12.3. The highest BCUT2D eigenvalue weighted by molar-refractivity contribution is 5.81. The van der Waals surface area contributed by atoms with Crippen molar-refractivity contribution in [1.82, 2.24) is 0 Å². The second-order valence-corrected chi connectivity index (χ2v) is 6.65. The van der Waals surface area contributed by atoms with Gasteiger partial charge in [-0.2, -0.15) is 0 Å². The van der Waals surface area contributed by atoms with Gasteiger partial charge in [-0.1, -0.05) is 45.1 Å². The molecule has 1 nitrogen and oxygen atoms in total. The Bertz CT molecular complexity index is 271. The van der Waals surface area contributed by atoms with Crippen LogP contribution >= 0.6 is 0 Å². The van der Waals surface area contributed by atoms with Crippen LogP contribution in [0, 0.1) is 17.8 Å². The fourth-order valence-corrected chi connectivity index (χ4v) is 3.10. The van der Waals surface area contributed by atoms with Crippen molar-refractivity contribution in [2.75, 3.05) is 0 Å². The predicted molar refractivity (Wildman–Crippen MR) is 78.6 cm³/mol. The maximum atomic E-state index is 12.3. The van der Waals surface area contributed by atoms with Crippen molar-refractivity contribution in [2.45, 2.75) is 72.1 Å². The van der Waals surface area contributed by atoms with E-state index in [0.29, 0.717) is 11.7 Å². The monoisotopic (exact) mass is 250 g/mol. The van der Waals surface area contributed by atoms with Gasteiger partial charge in [0, 0.05) is 12.3 Å². The van der Waals surface area contributed by atoms with Crippen LogP contribution in [0.25, 0.3) is 0 Å². The summed E-state index contributed by atoms with van der Waals surface area (Å²) in [7, 11) is 0. The van der Waals surface area contributed by atoms with Crippen molar-refractivity contribution in [3.63, 3.8) is 0 Å². The SMILES string of the molecule is C=C(C)CC(CCC1CCCC1)C(=O)CC(C)C. The number of hydrogen-bond acceptors (Lipinski definition) is 1. The zero-order chi connectivity index (χ0) is 13.5. The van der Waals surface area contributed by atoms with E-state index in [0.717, 1.165) is 30.8 Å². The first-order chi connectivity index (χ1) is 8.49. The van der Waals surface area contributed by atoms with Gasteiger partial charge in [0.1, 0.15) is 5.78 Å². The van der Waals surface area contributed by atoms with Gasteiger partial charge in [0.15, 0.2) is 0 Å². The Labute approximate surface area is 113 Å². The number of allylic oxidation sites excluding steroid dienone is 1. The molecule has 1 saturated carbocycles. The lowest BCUT2D eigenvalue weighted by atomic mass is 9.85. The fraction of sp³-hybridized carbons (Fsp3) is 0.824. The van der Waals surface area contributed by atoms with E-state index in [2.05, 4.69) is 20.4 Å². The third-order valence-corrected chi connectivity index (χ3v) is 4.06. The van der Waals surface area contributed by atoms with Crippen LogP contribution < -0.4 is 0 Å². The highest BCUT2D eigenvalue weighted by atomic mass is 16.1. The van der Waals surface area contributed by atoms with Crippen LogP contribution in [0.2, 0.25) is 0 Å². The lowest BCUT2D eigenvalue weighted by molar-refractivity contribution is -0.123. The highest BCUT2D eigenvalue weighted by Crippen LogP contribution is 2.31. The molecule has 0 spiro atoms. The molecule has 1 fully saturated rings. The lowest BCUT2D eigenvalue weighted by Crippen LogP contribution is -2.18. The van der Waals surface area contributed by atoms with Crippen molar-refractivity contribution in [3.05, 3.63) is 12.2 Å². The summed E-state index contributed by atoms with van der Waals surface area (Å²) in [6, 6.07) is 0. The maximum Gasteiger partial charge on any atom is 0.136 e. The van der Waals surface area contributed by atoms with Crippen LogP contribution in [0.15, 0.2) is 12.2 Å². The average Bonchev–Trinajstić information content (AvgIpc) is 2.75. The number of carbonyl (C=O) groups is 1. The Kier molecular flexibility index (Phi) is 6.67. The Morgan fingerprint density at radius 1 is 1.22 bits per heavy atom. The van der Waals surface area contributed by atoms with Gasteiger partial charge in [-0.05, 0) is 38.0 Å². The van der Waals surface area contributed by atoms with Crippen molar-refractivity contribution >= 4 is 5.78 Å². The van der Waals surface area contributed by atoms with Gasteiger partial charge in [-0.3, -0.25) is 4.79 Å². The van der Waals surface area contributed by atoms with E-state index >= 15 is 0 Å². The summed E-state index contributed by atoms with van der Waals surface area (Å²) in [4.78, 5) is 12.3. The van der Waals surface area contributed by atoms with Crippen molar-refractivity contribution in [3.8, 4) is 0 Å². The van der Waals surface area contributed by atoms with Crippen LogP contribution in [0.4, 0.5) is 0 Å². The molecule has 1 aliphatic rings. The summed E-state index contributed by atoms with van der Waals surface area (Å²) < 4.78 is 0. The molecule has 0 aliphatic heterocycles. The minimum Gasteiger partial charge on any atom is -0.299 e. The fourth-order valence-electron chi connectivity index (χ4n) is 3.10. The van der Waals surface area contributed by atoms with Gasteiger partial charge >= 0.3 is 0 Å². The van der Waals surface area contributed by atoms with Gasteiger partial charge in [-0.15, -0.1) is 6.58 Å². The third kappa shape index (κ3) is 5.84. The number of carbonyl (C=O) groups excluding carboxylic acids is 1. The Balaban J connectivity index is 2.43. The van der Waals surface area contributed by atoms with Crippen molar-refractivity contribution in [1.29, 1.82) is 0 Å². The summed E-state index contributed by atoms with van der Waals surface area (Å²) in [6.45, 7) is 10.3. The molecule has 1 unspecified atom stereocenters. The number of ketones is 1. The minimum atomic E-state index is 0.241. The molecule has 1 atom stereocenters. The summed E-state index contributed by atoms with van der Waals surface area (Å²) in [5, 5.41) is 0. The zero-order valence-electron chi connectivity index (χ0n) is 12.5. The average molecular weight is 250 g/mol. The van der Waals surface area contributed by atoms with Gasteiger partial charge in [0.2, 0.25) is 0 Å². The second-order valence-electron chi connectivity index (χ2n) is 6.65. The molecule has 0 heterocycles. The molecule has 1 rings (SSSR count). The van der Waals surface area contributed by atoms with Crippen LogP contribution in [-0.2, 0) is 4.79 Å². The van der Waals surface area contributed by atoms with E-state index in [9.17, 15) is 4.79 Å². The Hall–Kier alpha value is -0.590. The molecular weight excluding hydrogens is 220 g/mol. The molecule has 18 heavy (non-hydrogen) atoms. The number of rotatable bonds is 8. The molecule has 0 saturated heterocycles. The topological polar surface area (TPSA) is 17.1 Å². The van der Waals surface area contributed by atoms with Crippen LogP contribution in [0.1, 0.15) is 72.1 Å². The van der Waals surface area contributed by atoms with Crippen LogP contribution in [0.5, 0.6) is 0 Å². The smallest absolute Gasteiger partial charge is 0.136 e. The van der Waals surface area contributed by atoms with Crippen LogP contribution in [-0.4, -0.2) is 5.78 Å². The third-order valence-electron chi connectivity index (χ3n) is 4.06. The number of Topliss-reactive ketones (excluding diaryl/α,β-unsaturated/α-hetero) is 1. The molecule has 0 aromatic carbocycles. The van der Waals surface area contributed by atoms with Crippen LogP contribution in [0.3, 0.4) is 0 Å². The van der Waals surface area contributed by atoms with E-state index in [1.807, 2.05) is 6.92 Å². The number of hydrogen-bond donors (Lipinski definition) is 0. The first-order valence-corrected chi connectivity index (χ1v) is 7.66. The quantitative estimate of drug-likeness (QED) is 0.544.